The molecule has 0 bridgehead atoms. The first-order chi connectivity index (χ1) is 11.2. The van der Waals surface area contributed by atoms with E-state index in [4.69, 9.17) is 0 Å². The molecule has 1 atom stereocenters. The van der Waals surface area contributed by atoms with Gasteiger partial charge in [-0.05, 0) is 37.5 Å². The molecule has 0 aromatic heterocycles. The van der Waals surface area contributed by atoms with Crippen molar-refractivity contribution < 1.29 is 4.79 Å². The SMILES string of the molecule is Cc1cccc(CC(=O)NC[C@@H]2CCCN2c2ccccc2)c1. The van der Waals surface area contributed by atoms with E-state index in [0.717, 1.165) is 25.1 Å². The van der Waals surface area contributed by atoms with Gasteiger partial charge in [0.2, 0.25) is 5.91 Å². The van der Waals surface area contributed by atoms with Crippen molar-refractivity contribution in [3.05, 3.63) is 65.7 Å². The number of carbonyl (C=O) groups is 1. The van der Waals surface area contributed by atoms with Crippen LogP contribution in [0.2, 0.25) is 0 Å². The largest absolute Gasteiger partial charge is 0.367 e. The second-order valence-corrected chi connectivity index (χ2v) is 6.29. The fourth-order valence-corrected chi connectivity index (χ4v) is 3.31. The van der Waals surface area contributed by atoms with Crippen molar-refractivity contribution in [2.75, 3.05) is 18.0 Å². The zero-order valence-electron chi connectivity index (χ0n) is 13.7. The van der Waals surface area contributed by atoms with Crippen LogP contribution in [0.3, 0.4) is 0 Å². The van der Waals surface area contributed by atoms with E-state index < -0.39 is 0 Å². The quantitative estimate of drug-likeness (QED) is 0.919. The molecule has 1 heterocycles. The van der Waals surface area contributed by atoms with Crippen molar-refractivity contribution in [1.29, 1.82) is 0 Å². The Labute approximate surface area is 138 Å². The highest BCUT2D eigenvalue weighted by atomic mass is 16.1. The molecule has 3 rings (SSSR count). The van der Waals surface area contributed by atoms with Gasteiger partial charge in [0.05, 0.1) is 6.42 Å². The van der Waals surface area contributed by atoms with E-state index in [0.29, 0.717) is 12.5 Å². The minimum atomic E-state index is 0.107. The maximum Gasteiger partial charge on any atom is 0.224 e. The maximum atomic E-state index is 12.2. The lowest BCUT2D eigenvalue weighted by atomic mass is 10.1. The Hall–Kier alpha value is -2.29. The number of nitrogens with zero attached hydrogens (tertiary/aromatic N) is 1. The lowest BCUT2D eigenvalue weighted by molar-refractivity contribution is -0.120. The van der Waals surface area contributed by atoms with Crippen LogP contribution in [-0.2, 0) is 11.2 Å². The molecule has 2 aromatic carbocycles. The number of amides is 1. The van der Waals surface area contributed by atoms with Gasteiger partial charge in [0.15, 0.2) is 0 Å². The third-order valence-corrected chi connectivity index (χ3v) is 4.45. The number of hydrogen-bond donors (Lipinski definition) is 1. The fraction of sp³-hybridized carbons (Fsp3) is 0.350. The van der Waals surface area contributed by atoms with E-state index in [9.17, 15) is 4.79 Å². The summed E-state index contributed by atoms with van der Waals surface area (Å²) in [4.78, 5) is 14.6. The number of hydrogen-bond acceptors (Lipinski definition) is 2. The molecule has 3 nitrogen and oxygen atoms in total. The van der Waals surface area contributed by atoms with E-state index in [-0.39, 0.29) is 5.91 Å². The van der Waals surface area contributed by atoms with E-state index in [1.807, 2.05) is 18.2 Å². The lowest BCUT2D eigenvalue weighted by Gasteiger charge is -2.27. The average Bonchev–Trinajstić information content (AvgIpc) is 3.02. The molecule has 0 saturated carbocycles. The van der Waals surface area contributed by atoms with E-state index >= 15 is 0 Å². The summed E-state index contributed by atoms with van der Waals surface area (Å²) in [5.74, 6) is 0.107. The molecule has 1 aliphatic heterocycles. The molecule has 0 unspecified atom stereocenters. The summed E-state index contributed by atoms with van der Waals surface area (Å²) in [5.41, 5.74) is 3.53. The first-order valence-electron chi connectivity index (χ1n) is 8.36. The molecule has 1 amide bonds. The molecule has 3 heteroatoms. The molecule has 0 aliphatic carbocycles. The highest BCUT2D eigenvalue weighted by Gasteiger charge is 2.24. The Morgan fingerprint density at radius 3 is 2.78 bits per heavy atom. The number of carbonyl (C=O) groups excluding carboxylic acids is 1. The summed E-state index contributed by atoms with van der Waals surface area (Å²) in [5, 5.41) is 3.11. The van der Waals surface area contributed by atoms with Crippen molar-refractivity contribution in [3.8, 4) is 0 Å². The summed E-state index contributed by atoms with van der Waals surface area (Å²) in [6.07, 6.45) is 2.78. The van der Waals surface area contributed by atoms with E-state index in [1.54, 1.807) is 0 Å². The number of aryl methyl sites for hydroxylation is 1. The number of rotatable bonds is 5. The van der Waals surface area contributed by atoms with Gasteiger partial charge in [0, 0.05) is 24.8 Å². The van der Waals surface area contributed by atoms with Crippen LogP contribution >= 0.6 is 0 Å². The predicted octanol–water partition coefficient (Wildman–Crippen LogP) is 3.32. The van der Waals surface area contributed by atoms with Crippen LogP contribution in [0.4, 0.5) is 5.69 Å². The molecule has 2 aromatic rings. The minimum Gasteiger partial charge on any atom is -0.367 e. The van der Waals surface area contributed by atoms with Gasteiger partial charge in [-0.1, -0.05) is 48.0 Å². The first-order valence-corrected chi connectivity index (χ1v) is 8.36. The minimum absolute atomic E-state index is 0.107. The Morgan fingerprint density at radius 1 is 1.17 bits per heavy atom. The van der Waals surface area contributed by atoms with Gasteiger partial charge in [0.25, 0.3) is 0 Å². The standard InChI is InChI=1S/C20H24N2O/c1-16-7-5-8-17(13-16)14-20(23)21-15-19-11-6-12-22(19)18-9-3-2-4-10-18/h2-5,7-10,13,19H,6,11-12,14-15H2,1H3,(H,21,23)/t19-/m0/s1. The van der Waals surface area contributed by atoms with Gasteiger partial charge < -0.3 is 10.2 Å². The van der Waals surface area contributed by atoms with E-state index in [1.165, 1.54) is 17.7 Å². The average molecular weight is 308 g/mol. The zero-order chi connectivity index (χ0) is 16.1. The smallest absolute Gasteiger partial charge is 0.224 e. The molecule has 23 heavy (non-hydrogen) atoms. The second-order valence-electron chi connectivity index (χ2n) is 6.29. The third kappa shape index (κ3) is 4.13. The first kappa shape index (κ1) is 15.6. The van der Waals surface area contributed by atoms with Crippen LogP contribution in [0.25, 0.3) is 0 Å². The Balaban J connectivity index is 1.54. The van der Waals surface area contributed by atoms with Crippen LogP contribution in [0.15, 0.2) is 54.6 Å². The van der Waals surface area contributed by atoms with Crippen LogP contribution in [0.5, 0.6) is 0 Å². The van der Waals surface area contributed by atoms with Crippen molar-refractivity contribution in [3.63, 3.8) is 0 Å². The molecule has 1 N–H and O–H groups in total. The van der Waals surface area contributed by atoms with Gasteiger partial charge >= 0.3 is 0 Å². The highest BCUT2D eigenvalue weighted by Crippen LogP contribution is 2.24. The van der Waals surface area contributed by atoms with Gasteiger partial charge in [-0.15, -0.1) is 0 Å². The second kappa shape index (κ2) is 7.32. The molecular weight excluding hydrogens is 284 g/mol. The third-order valence-electron chi connectivity index (χ3n) is 4.45. The van der Waals surface area contributed by atoms with Gasteiger partial charge in [-0.3, -0.25) is 4.79 Å². The molecule has 0 radical (unpaired) electrons. The lowest BCUT2D eigenvalue weighted by Crippen LogP contribution is -2.40. The summed E-state index contributed by atoms with van der Waals surface area (Å²) in [6.45, 7) is 3.85. The predicted molar refractivity (Wildman–Crippen MR) is 94.7 cm³/mol. The Bertz CT molecular complexity index is 654. The molecule has 0 spiro atoms. The van der Waals surface area contributed by atoms with Crippen LogP contribution in [0.1, 0.15) is 24.0 Å². The van der Waals surface area contributed by atoms with Gasteiger partial charge in [-0.2, -0.15) is 0 Å². The summed E-state index contributed by atoms with van der Waals surface area (Å²) >= 11 is 0. The molecule has 1 saturated heterocycles. The molecular formula is C20H24N2O. The Kier molecular flexibility index (Phi) is 4.96. The van der Waals surface area contributed by atoms with Crippen molar-refractivity contribution in [2.45, 2.75) is 32.2 Å². The molecule has 120 valence electrons. The fourth-order valence-electron chi connectivity index (χ4n) is 3.31. The number of benzene rings is 2. The van der Waals surface area contributed by atoms with Crippen molar-refractivity contribution in [1.82, 2.24) is 5.32 Å². The molecule has 1 fully saturated rings. The van der Waals surface area contributed by atoms with Crippen molar-refractivity contribution >= 4 is 11.6 Å². The number of para-hydroxylation sites is 1. The zero-order valence-corrected chi connectivity index (χ0v) is 13.7. The summed E-state index contributed by atoms with van der Waals surface area (Å²) in [6, 6.07) is 19.0. The van der Waals surface area contributed by atoms with Crippen LogP contribution < -0.4 is 10.2 Å². The van der Waals surface area contributed by atoms with Crippen LogP contribution in [0, 0.1) is 6.92 Å². The van der Waals surface area contributed by atoms with Crippen molar-refractivity contribution in [2.24, 2.45) is 0 Å². The summed E-state index contributed by atoms with van der Waals surface area (Å²) in [7, 11) is 0. The molecule has 1 aliphatic rings. The van der Waals surface area contributed by atoms with E-state index in [2.05, 4.69) is 53.5 Å². The summed E-state index contributed by atoms with van der Waals surface area (Å²) < 4.78 is 0. The normalized spacial score (nSPS) is 17.3. The Morgan fingerprint density at radius 2 is 2.00 bits per heavy atom. The topological polar surface area (TPSA) is 32.3 Å². The van der Waals surface area contributed by atoms with Gasteiger partial charge in [0.1, 0.15) is 0 Å². The maximum absolute atomic E-state index is 12.2. The highest BCUT2D eigenvalue weighted by molar-refractivity contribution is 5.78. The number of nitrogens with one attached hydrogen (secondary N) is 1. The number of anilines is 1. The van der Waals surface area contributed by atoms with Crippen LogP contribution in [-0.4, -0.2) is 25.0 Å². The monoisotopic (exact) mass is 308 g/mol. The van der Waals surface area contributed by atoms with Gasteiger partial charge in [-0.25, -0.2) is 0 Å².